The molecule has 0 aliphatic rings. The van der Waals surface area contributed by atoms with Crippen LogP contribution in [0.3, 0.4) is 0 Å². The van der Waals surface area contributed by atoms with Crippen LogP contribution in [0, 0.1) is 17.7 Å². The van der Waals surface area contributed by atoms with Crippen LogP contribution in [0.5, 0.6) is 0 Å². The molecule has 1 aromatic rings. The van der Waals surface area contributed by atoms with E-state index in [1.165, 1.54) is 18.4 Å². The summed E-state index contributed by atoms with van der Waals surface area (Å²) in [6, 6.07) is 7.75. The summed E-state index contributed by atoms with van der Waals surface area (Å²) in [5, 5.41) is 3.78. The first-order valence-electron chi connectivity index (χ1n) is 7.99. The molecule has 1 rings (SSSR count). The summed E-state index contributed by atoms with van der Waals surface area (Å²) in [5.74, 6) is 1.07. The Morgan fingerprint density at radius 1 is 1.00 bits per heavy atom. The Labute approximate surface area is 124 Å². The van der Waals surface area contributed by atoms with Crippen molar-refractivity contribution in [2.24, 2.45) is 11.8 Å². The summed E-state index contributed by atoms with van der Waals surface area (Å²) in [6.45, 7) is 11.2. The van der Waals surface area contributed by atoms with E-state index in [9.17, 15) is 4.39 Å². The Bertz CT molecular complexity index is 372. The average molecular weight is 279 g/mol. The lowest BCUT2D eigenvalue weighted by Gasteiger charge is -2.30. The van der Waals surface area contributed by atoms with Crippen molar-refractivity contribution in [3.63, 3.8) is 0 Å². The van der Waals surface area contributed by atoms with Crippen LogP contribution in [-0.4, -0.2) is 6.04 Å². The van der Waals surface area contributed by atoms with Gasteiger partial charge < -0.3 is 5.32 Å². The second-order valence-electron chi connectivity index (χ2n) is 6.29. The quantitative estimate of drug-likeness (QED) is 0.678. The lowest BCUT2D eigenvalue weighted by Crippen LogP contribution is -2.36. The van der Waals surface area contributed by atoms with Gasteiger partial charge in [0.2, 0.25) is 0 Å². The van der Waals surface area contributed by atoms with Crippen molar-refractivity contribution < 1.29 is 4.39 Å². The number of nitrogens with one attached hydrogen (secondary N) is 1. The van der Waals surface area contributed by atoms with Gasteiger partial charge in [-0.1, -0.05) is 53.2 Å². The molecule has 0 fully saturated rings. The van der Waals surface area contributed by atoms with Crippen molar-refractivity contribution in [2.75, 3.05) is 0 Å². The molecule has 1 N–H and O–H groups in total. The molecule has 20 heavy (non-hydrogen) atoms. The van der Waals surface area contributed by atoms with E-state index >= 15 is 0 Å². The summed E-state index contributed by atoms with van der Waals surface area (Å²) >= 11 is 0. The van der Waals surface area contributed by atoms with Crippen molar-refractivity contribution in [3.8, 4) is 0 Å². The van der Waals surface area contributed by atoms with E-state index in [4.69, 9.17) is 0 Å². The number of benzene rings is 1. The Kier molecular flexibility index (Phi) is 7.22. The smallest absolute Gasteiger partial charge is 0.123 e. The van der Waals surface area contributed by atoms with Crippen molar-refractivity contribution in [1.29, 1.82) is 0 Å². The molecule has 0 aliphatic heterocycles. The zero-order chi connectivity index (χ0) is 15.1. The van der Waals surface area contributed by atoms with Gasteiger partial charge >= 0.3 is 0 Å². The van der Waals surface area contributed by atoms with Gasteiger partial charge in [0.05, 0.1) is 0 Å². The highest BCUT2D eigenvalue weighted by molar-refractivity contribution is 5.20. The molecule has 0 aromatic heterocycles. The van der Waals surface area contributed by atoms with Gasteiger partial charge in [-0.3, -0.25) is 0 Å². The van der Waals surface area contributed by atoms with Gasteiger partial charge in [-0.05, 0) is 42.4 Å². The van der Waals surface area contributed by atoms with Crippen LogP contribution in [0.15, 0.2) is 24.3 Å². The molecule has 0 saturated carbocycles. The van der Waals surface area contributed by atoms with Crippen LogP contribution in [0.25, 0.3) is 0 Å². The minimum atomic E-state index is -0.164. The second kappa shape index (κ2) is 8.41. The van der Waals surface area contributed by atoms with E-state index < -0.39 is 0 Å². The standard InChI is InChI=1S/C18H30FN/c1-6-14(5)12-17(7-2)20-18(13(3)4)15-8-10-16(19)11-9-15/h8-11,13-14,17-18,20H,6-7,12H2,1-5H3. The maximum Gasteiger partial charge on any atom is 0.123 e. The maximum absolute atomic E-state index is 13.1. The van der Waals surface area contributed by atoms with Gasteiger partial charge in [0, 0.05) is 12.1 Å². The van der Waals surface area contributed by atoms with Crippen LogP contribution in [0.4, 0.5) is 4.39 Å². The van der Waals surface area contributed by atoms with Crippen LogP contribution in [0.1, 0.15) is 65.5 Å². The topological polar surface area (TPSA) is 12.0 Å². The summed E-state index contributed by atoms with van der Waals surface area (Å²) in [4.78, 5) is 0. The van der Waals surface area contributed by atoms with Crippen molar-refractivity contribution in [3.05, 3.63) is 35.6 Å². The van der Waals surface area contributed by atoms with Gasteiger partial charge in [-0.25, -0.2) is 4.39 Å². The minimum Gasteiger partial charge on any atom is -0.307 e. The SMILES string of the molecule is CCC(C)CC(CC)NC(c1ccc(F)cc1)C(C)C. The second-order valence-corrected chi connectivity index (χ2v) is 6.29. The number of hydrogen-bond acceptors (Lipinski definition) is 1. The highest BCUT2D eigenvalue weighted by Crippen LogP contribution is 2.24. The van der Waals surface area contributed by atoms with Crippen LogP contribution in [0.2, 0.25) is 0 Å². The van der Waals surface area contributed by atoms with Gasteiger partial charge in [0.1, 0.15) is 5.82 Å². The molecule has 0 aliphatic carbocycles. The fraction of sp³-hybridized carbons (Fsp3) is 0.667. The summed E-state index contributed by atoms with van der Waals surface area (Å²) in [6.07, 6.45) is 3.56. The molecule has 3 atom stereocenters. The monoisotopic (exact) mass is 279 g/mol. The highest BCUT2D eigenvalue weighted by atomic mass is 19.1. The zero-order valence-electron chi connectivity index (χ0n) is 13.6. The molecule has 0 spiro atoms. The molecule has 0 radical (unpaired) electrons. The van der Waals surface area contributed by atoms with E-state index in [-0.39, 0.29) is 5.82 Å². The minimum absolute atomic E-state index is 0.164. The van der Waals surface area contributed by atoms with Crippen LogP contribution < -0.4 is 5.32 Å². The molecular weight excluding hydrogens is 249 g/mol. The number of rotatable bonds is 8. The third kappa shape index (κ3) is 5.24. The molecular formula is C18H30FN. The molecule has 3 unspecified atom stereocenters. The molecule has 0 amide bonds. The maximum atomic E-state index is 13.1. The predicted molar refractivity (Wildman–Crippen MR) is 85.3 cm³/mol. The van der Waals surface area contributed by atoms with Crippen molar-refractivity contribution >= 4 is 0 Å². The number of halogens is 1. The van der Waals surface area contributed by atoms with Crippen molar-refractivity contribution in [2.45, 2.75) is 66.0 Å². The van der Waals surface area contributed by atoms with Gasteiger partial charge in [0.15, 0.2) is 0 Å². The third-order valence-electron chi connectivity index (χ3n) is 4.19. The first-order valence-corrected chi connectivity index (χ1v) is 7.99. The molecule has 1 aromatic carbocycles. The molecule has 2 heteroatoms. The van der Waals surface area contributed by atoms with E-state index in [0.717, 1.165) is 12.3 Å². The Morgan fingerprint density at radius 2 is 1.60 bits per heavy atom. The first kappa shape index (κ1) is 17.2. The molecule has 0 saturated heterocycles. The summed E-state index contributed by atoms with van der Waals surface area (Å²) in [5.41, 5.74) is 1.18. The van der Waals surface area contributed by atoms with E-state index in [1.54, 1.807) is 12.1 Å². The average Bonchev–Trinajstić information content (AvgIpc) is 2.43. The van der Waals surface area contributed by atoms with E-state index in [2.05, 4.69) is 39.9 Å². The zero-order valence-corrected chi connectivity index (χ0v) is 13.6. The van der Waals surface area contributed by atoms with Crippen LogP contribution >= 0.6 is 0 Å². The fourth-order valence-electron chi connectivity index (χ4n) is 2.60. The van der Waals surface area contributed by atoms with Gasteiger partial charge in [0.25, 0.3) is 0 Å². The predicted octanol–water partition coefficient (Wildman–Crippen LogP) is 5.33. The summed E-state index contributed by atoms with van der Waals surface area (Å²) in [7, 11) is 0. The third-order valence-corrected chi connectivity index (χ3v) is 4.19. The normalized spacial score (nSPS) is 16.1. The Balaban J connectivity index is 2.77. The van der Waals surface area contributed by atoms with Gasteiger partial charge in [-0.2, -0.15) is 0 Å². The molecule has 0 heterocycles. The Morgan fingerprint density at radius 3 is 2.05 bits per heavy atom. The van der Waals surface area contributed by atoms with Crippen molar-refractivity contribution in [1.82, 2.24) is 5.32 Å². The Hall–Kier alpha value is -0.890. The summed E-state index contributed by atoms with van der Waals surface area (Å²) < 4.78 is 13.1. The lowest BCUT2D eigenvalue weighted by atomic mass is 9.92. The molecule has 114 valence electrons. The lowest BCUT2D eigenvalue weighted by molar-refractivity contribution is 0.310. The fourth-order valence-corrected chi connectivity index (χ4v) is 2.60. The first-order chi connectivity index (χ1) is 9.47. The van der Waals surface area contributed by atoms with Gasteiger partial charge in [-0.15, -0.1) is 0 Å². The highest BCUT2D eigenvalue weighted by Gasteiger charge is 2.20. The van der Waals surface area contributed by atoms with E-state index in [0.29, 0.717) is 18.0 Å². The number of hydrogen-bond donors (Lipinski definition) is 1. The van der Waals surface area contributed by atoms with E-state index in [1.807, 2.05) is 12.1 Å². The van der Waals surface area contributed by atoms with Crippen LogP contribution in [-0.2, 0) is 0 Å². The molecule has 0 bridgehead atoms. The largest absolute Gasteiger partial charge is 0.307 e. The molecule has 1 nitrogen and oxygen atoms in total.